The lowest BCUT2D eigenvalue weighted by Gasteiger charge is -1.98. The number of aromatic nitrogens is 1. The first-order valence-corrected chi connectivity index (χ1v) is 5.66. The van der Waals surface area contributed by atoms with Crippen LogP contribution in [-0.4, -0.2) is 11.8 Å². The minimum Gasteiger partial charge on any atom is -0.454 e. The van der Waals surface area contributed by atoms with Crippen LogP contribution in [0.2, 0.25) is 0 Å². The van der Waals surface area contributed by atoms with Gasteiger partial charge in [0.25, 0.3) is 0 Å². The Morgan fingerprint density at radius 1 is 0.944 bits per heavy atom. The predicted octanol–water partition coefficient (Wildman–Crippen LogP) is 3.22. The highest BCUT2D eigenvalue weighted by atomic mass is 16.7. The molecule has 0 unspecified atom stereocenters. The number of rotatable bonds is 1. The SMILES string of the molecule is c1ccc2oc(-c3ccc4c(c3)OCO4)nc2c1. The van der Waals surface area contributed by atoms with E-state index >= 15 is 0 Å². The van der Waals surface area contributed by atoms with Crippen molar-refractivity contribution in [3.05, 3.63) is 42.5 Å². The first kappa shape index (κ1) is 9.53. The number of ether oxygens (including phenoxy) is 2. The minimum absolute atomic E-state index is 0.270. The maximum Gasteiger partial charge on any atom is 0.231 e. The van der Waals surface area contributed by atoms with Gasteiger partial charge in [0.2, 0.25) is 12.7 Å². The number of hydrogen-bond donors (Lipinski definition) is 0. The van der Waals surface area contributed by atoms with Crippen molar-refractivity contribution < 1.29 is 13.9 Å². The molecule has 0 radical (unpaired) electrons. The molecule has 0 amide bonds. The number of oxazole rings is 1. The summed E-state index contributed by atoms with van der Waals surface area (Å²) in [6.45, 7) is 0.270. The lowest BCUT2D eigenvalue weighted by atomic mass is 10.2. The van der Waals surface area contributed by atoms with Crippen molar-refractivity contribution in [2.24, 2.45) is 0 Å². The summed E-state index contributed by atoms with van der Waals surface area (Å²) in [5, 5.41) is 0. The van der Waals surface area contributed by atoms with Gasteiger partial charge in [-0.15, -0.1) is 0 Å². The molecule has 0 N–H and O–H groups in total. The smallest absolute Gasteiger partial charge is 0.231 e. The molecule has 1 aromatic heterocycles. The molecule has 0 aliphatic carbocycles. The third kappa shape index (κ3) is 1.35. The second-order valence-corrected chi connectivity index (χ2v) is 4.05. The first-order chi connectivity index (χ1) is 8.90. The van der Waals surface area contributed by atoms with E-state index in [0.29, 0.717) is 5.89 Å². The first-order valence-electron chi connectivity index (χ1n) is 5.66. The summed E-state index contributed by atoms with van der Waals surface area (Å²) in [7, 11) is 0. The molecule has 1 aliphatic heterocycles. The summed E-state index contributed by atoms with van der Waals surface area (Å²) in [6, 6.07) is 13.4. The molecule has 18 heavy (non-hydrogen) atoms. The van der Waals surface area contributed by atoms with Gasteiger partial charge in [-0.2, -0.15) is 0 Å². The average molecular weight is 239 g/mol. The van der Waals surface area contributed by atoms with E-state index in [1.54, 1.807) is 0 Å². The van der Waals surface area contributed by atoms with Crippen LogP contribution in [0.1, 0.15) is 0 Å². The Kier molecular flexibility index (Phi) is 1.85. The van der Waals surface area contributed by atoms with E-state index < -0.39 is 0 Å². The van der Waals surface area contributed by atoms with Crippen molar-refractivity contribution in [1.29, 1.82) is 0 Å². The van der Waals surface area contributed by atoms with Crippen molar-refractivity contribution in [3.63, 3.8) is 0 Å². The van der Waals surface area contributed by atoms with E-state index in [-0.39, 0.29) is 6.79 Å². The van der Waals surface area contributed by atoms with Crippen molar-refractivity contribution in [2.45, 2.75) is 0 Å². The van der Waals surface area contributed by atoms with Crippen LogP contribution < -0.4 is 9.47 Å². The molecule has 0 saturated carbocycles. The van der Waals surface area contributed by atoms with E-state index in [4.69, 9.17) is 13.9 Å². The van der Waals surface area contributed by atoms with E-state index in [9.17, 15) is 0 Å². The number of fused-ring (bicyclic) bond motifs is 2. The van der Waals surface area contributed by atoms with Crippen molar-refractivity contribution >= 4 is 11.1 Å². The molecular formula is C14H9NO3. The number of nitrogens with zero attached hydrogens (tertiary/aromatic N) is 1. The van der Waals surface area contributed by atoms with E-state index in [2.05, 4.69) is 4.98 Å². The fraction of sp³-hybridized carbons (Fsp3) is 0.0714. The highest BCUT2D eigenvalue weighted by molar-refractivity contribution is 5.76. The Bertz CT molecular complexity index is 700. The third-order valence-electron chi connectivity index (χ3n) is 2.91. The molecule has 1 aliphatic rings. The quantitative estimate of drug-likeness (QED) is 0.654. The molecule has 2 aromatic carbocycles. The van der Waals surface area contributed by atoms with Crippen LogP contribution >= 0.6 is 0 Å². The molecule has 3 aromatic rings. The van der Waals surface area contributed by atoms with Gasteiger partial charge >= 0.3 is 0 Å². The van der Waals surface area contributed by atoms with Gasteiger partial charge in [0, 0.05) is 5.56 Å². The van der Waals surface area contributed by atoms with Crippen LogP contribution in [0.3, 0.4) is 0 Å². The Morgan fingerprint density at radius 3 is 2.78 bits per heavy atom. The van der Waals surface area contributed by atoms with Crippen LogP contribution in [0.4, 0.5) is 0 Å². The van der Waals surface area contributed by atoms with E-state index in [1.807, 2.05) is 42.5 Å². The molecule has 0 saturated heterocycles. The largest absolute Gasteiger partial charge is 0.454 e. The van der Waals surface area contributed by atoms with Gasteiger partial charge in [-0.05, 0) is 30.3 Å². The van der Waals surface area contributed by atoms with Crippen LogP contribution in [0.5, 0.6) is 11.5 Å². The summed E-state index contributed by atoms with van der Waals surface area (Å²) < 4.78 is 16.3. The van der Waals surface area contributed by atoms with Gasteiger partial charge in [0.1, 0.15) is 5.52 Å². The van der Waals surface area contributed by atoms with Crippen molar-refractivity contribution in [1.82, 2.24) is 4.98 Å². The standard InChI is InChI=1S/C14H9NO3/c1-2-4-11-10(3-1)15-14(18-11)9-5-6-12-13(7-9)17-8-16-12/h1-7H,8H2. The fourth-order valence-electron chi connectivity index (χ4n) is 2.03. The summed E-state index contributed by atoms with van der Waals surface area (Å²) in [6.07, 6.45) is 0. The topological polar surface area (TPSA) is 44.5 Å². The average Bonchev–Trinajstić information content (AvgIpc) is 3.04. The Morgan fingerprint density at radius 2 is 1.83 bits per heavy atom. The van der Waals surface area contributed by atoms with Crippen LogP contribution in [0.25, 0.3) is 22.6 Å². The number of para-hydroxylation sites is 2. The summed E-state index contributed by atoms with van der Waals surface area (Å²) in [4.78, 5) is 4.45. The van der Waals surface area contributed by atoms with Crippen molar-refractivity contribution in [3.8, 4) is 23.0 Å². The zero-order valence-corrected chi connectivity index (χ0v) is 9.42. The summed E-state index contributed by atoms with van der Waals surface area (Å²) in [5.74, 6) is 2.08. The van der Waals surface area contributed by atoms with E-state index in [0.717, 1.165) is 28.2 Å². The normalized spacial score (nSPS) is 13.1. The number of benzene rings is 2. The predicted molar refractivity (Wildman–Crippen MR) is 65.6 cm³/mol. The highest BCUT2D eigenvalue weighted by Gasteiger charge is 2.16. The van der Waals surface area contributed by atoms with Crippen LogP contribution in [-0.2, 0) is 0 Å². The number of hydrogen-bond acceptors (Lipinski definition) is 4. The lowest BCUT2D eigenvalue weighted by molar-refractivity contribution is 0.174. The second kappa shape index (κ2) is 3.50. The molecule has 0 atom stereocenters. The van der Waals surface area contributed by atoms with Gasteiger partial charge in [0.05, 0.1) is 0 Å². The highest BCUT2D eigenvalue weighted by Crippen LogP contribution is 2.36. The third-order valence-corrected chi connectivity index (χ3v) is 2.91. The molecule has 2 heterocycles. The van der Waals surface area contributed by atoms with Gasteiger partial charge < -0.3 is 13.9 Å². The lowest BCUT2D eigenvalue weighted by Crippen LogP contribution is -1.92. The Labute approximate surface area is 103 Å². The summed E-state index contributed by atoms with van der Waals surface area (Å²) in [5.41, 5.74) is 2.52. The molecule has 4 nitrogen and oxygen atoms in total. The molecule has 0 spiro atoms. The maximum atomic E-state index is 5.71. The zero-order chi connectivity index (χ0) is 11.9. The second-order valence-electron chi connectivity index (χ2n) is 4.05. The van der Waals surface area contributed by atoms with E-state index in [1.165, 1.54) is 0 Å². The monoisotopic (exact) mass is 239 g/mol. The van der Waals surface area contributed by atoms with Gasteiger partial charge in [-0.1, -0.05) is 12.1 Å². The van der Waals surface area contributed by atoms with Gasteiger partial charge in [-0.3, -0.25) is 0 Å². The zero-order valence-electron chi connectivity index (χ0n) is 9.42. The Hall–Kier alpha value is -2.49. The van der Waals surface area contributed by atoms with Crippen LogP contribution in [0, 0.1) is 0 Å². The maximum absolute atomic E-state index is 5.71. The molecule has 0 fully saturated rings. The molecular weight excluding hydrogens is 230 g/mol. The minimum atomic E-state index is 0.270. The Balaban J connectivity index is 1.86. The van der Waals surface area contributed by atoms with Gasteiger partial charge in [0.15, 0.2) is 17.1 Å². The molecule has 4 rings (SSSR count). The van der Waals surface area contributed by atoms with Crippen molar-refractivity contribution in [2.75, 3.05) is 6.79 Å². The molecule has 88 valence electrons. The fourth-order valence-corrected chi connectivity index (χ4v) is 2.03. The molecule has 0 bridgehead atoms. The summed E-state index contributed by atoms with van der Waals surface area (Å²) >= 11 is 0. The molecule has 4 heteroatoms. The van der Waals surface area contributed by atoms with Gasteiger partial charge in [-0.25, -0.2) is 4.98 Å². The van der Waals surface area contributed by atoms with Crippen LogP contribution in [0.15, 0.2) is 46.9 Å².